The van der Waals surface area contributed by atoms with Crippen LogP contribution >= 0.6 is 11.3 Å². The zero-order chi connectivity index (χ0) is 12.3. The number of H-pyrrole nitrogens is 1. The highest BCUT2D eigenvalue weighted by atomic mass is 32.2. The van der Waals surface area contributed by atoms with E-state index in [2.05, 4.69) is 15.3 Å². The molecule has 0 aromatic carbocycles. The fraction of sp³-hybridized carbons (Fsp3) is 0.444. The number of nitrogens with zero attached hydrogens (tertiary/aromatic N) is 1. The Bertz CT molecular complexity index is 518. The van der Waals surface area contributed by atoms with Crippen LogP contribution in [-0.2, 0) is 10.1 Å². The largest absolute Gasteiger partial charge is 0.344 e. The number of hydrogen-bond acceptors (Lipinski definition) is 5. The third kappa shape index (κ3) is 3.25. The van der Waals surface area contributed by atoms with Gasteiger partial charge in [0.2, 0.25) is 0 Å². The van der Waals surface area contributed by atoms with E-state index in [-0.39, 0.29) is 0 Å². The molecule has 0 radical (unpaired) electrons. The van der Waals surface area contributed by atoms with Gasteiger partial charge in [0.25, 0.3) is 10.1 Å². The Balaban J connectivity index is 0.000000127. The highest BCUT2D eigenvalue weighted by Gasteiger charge is 2.25. The molecule has 3 rings (SSSR count). The van der Waals surface area contributed by atoms with Crippen LogP contribution in [0.2, 0.25) is 0 Å². The van der Waals surface area contributed by atoms with Crippen LogP contribution in [0.4, 0.5) is 0 Å². The lowest BCUT2D eigenvalue weighted by molar-refractivity contribution is 0.470. The predicted molar refractivity (Wildman–Crippen MR) is 66.8 cm³/mol. The summed E-state index contributed by atoms with van der Waals surface area (Å²) in [6, 6.07) is 0. The third-order valence-electron chi connectivity index (χ3n) is 2.50. The summed E-state index contributed by atoms with van der Waals surface area (Å²) in [5.41, 5.74) is 2.20. The van der Waals surface area contributed by atoms with Crippen molar-refractivity contribution in [2.24, 2.45) is 0 Å². The first kappa shape index (κ1) is 12.5. The predicted octanol–water partition coefficient (Wildman–Crippen LogP) is 0.861. The van der Waals surface area contributed by atoms with Crippen molar-refractivity contribution < 1.29 is 13.0 Å². The van der Waals surface area contributed by atoms with Gasteiger partial charge in [0.15, 0.2) is 0 Å². The molecule has 1 aliphatic rings. The lowest BCUT2D eigenvalue weighted by Gasteiger charge is -2.00. The molecule has 0 bridgehead atoms. The quantitative estimate of drug-likeness (QED) is 0.671. The lowest BCUT2D eigenvalue weighted by Crippen LogP contribution is -2.22. The molecule has 1 unspecified atom stereocenters. The van der Waals surface area contributed by atoms with Gasteiger partial charge in [-0.25, -0.2) is 4.98 Å². The molecule has 0 amide bonds. The van der Waals surface area contributed by atoms with Crippen molar-refractivity contribution in [2.75, 3.05) is 13.1 Å². The summed E-state index contributed by atoms with van der Waals surface area (Å²) in [6.07, 6.45) is 2.23. The second kappa shape index (κ2) is 5.13. The summed E-state index contributed by atoms with van der Waals surface area (Å²) in [6.45, 7) is 1.07. The molecule has 1 atom stereocenters. The Morgan fingerprint density at radius 3 is 2.82 bits per heavy atom. The van der Waals surface area contributed by atoms with E-state index >= 15 is 0 Å². The van der Waals surface area contributed by atoms with Crippen LogP contribution in [0.5, 0.6) is 0 Å². The first-order valence-corrected chi connectivity index (χ1v) is 7.54. The number of nitrogens with one attached hydrogen (secondary N) is 2. The second-order valence-corrected chi connectivity index (χ2v) is 6.14. The maximum atomic E-state index is 10.3. The van der Waals surface area contributed by atoms with E-state index in [0.717, 1.165) is 11.0 Å². The summed E-state index contributed by atoms with van der Waals surface area (Å²) >= 11 is 1.67. The van der Waals surface area contributed by atoms with Gasteiger partial charge in [0.05, 0.1) is 17.4 Å². The topological polar surface area (TPSA) is 95.1 Å². The standard InChI is InChI=1S/C5H4N2S.C4H9NO3S/c1-4-5(2-8-1)7-3-6-4;6-9(7,8)4-1-2-5-3-4/h1-3H,(H,6,7);4-5H,1-3H2,(H,6,7,8). The summed E-state index contributed by atoms with van der Waals surface area (Å²) in [7, 11) is -3.77. The highest BCUT2D eigenvalue weighted by Crippen LogP contribution is 2.12. The van der Waals surface area contributed by atoms with Crippen LogP contribution in [0, 0.1) is 0 Å². The first-order chi connectivity index (χ1) is 8.07. The summed E-state index contributed by atoms with van der Waals surface area (Å²) in [4.78, 5) is 7.03. The third-order valence-corrected chi connectivity index (χ3v) is 4.48. The molecular formula is C9H13N3O3S2. The van der Waals surface area contributed by atoms with Crippen LogP contribution in [0.1, 0.15) is 6.42 Å². The van der Waals surface area contributed by atoms with Crippen LogP contribution in [-0.4, -0.2) is 41.3 Å². The van der Waals surface area contributed by atoms with E-state index in [1.165, 1.54) is 0 Å². The Morgan fingerprint density at radius 2 is 2.29 bits per heavy atom. The molecule has 1 aliphatic heterocycles. The normalized spacial score (nSPS) is 20.2. The molecule has 1 fully saturated rings. The molecule has 3 heterocycles. The SMILES string of the molecule is O=S(=O)(O)C1CCNC1.c1nc2cscc2[nH]1. The molecule has 2 aromatic rings. The van der Waals surface area contributed by atoms with Gasteiger partial charge in [-0.2, -0.15) is 8.42 Å². The van der Waals surface area contributed by atoms with Crippen LogP contribution in [0.15, 0.2) is 17.1 Å². The smallest absolute Gasteiger partial charge is 0.269 e. The molecule has 94 valence electrons. The first-order valence-electron chi connectivity index (χ1n) is 5.09. The Kier molecular flexibility index (Phi) is 3.77. The van der Waals surface area contributed by atoms with Crippen molar-refractivity contribution in [2.45, 2.75) is 11.7 Å². The zero-order valence-electron chi connectivity index (χ0n) is 8.96. The van der Waals surface area contributed by atoms with Crippen molar-refractivity contribution >= 4 is 32.5 Å². The van der Waals surface area contributed by atoms with Gasteiger partial charge in [-0.3, -0.25) is 4.55 Å². The van der Waals surface area contributed by atoms with Crippen molar-refractivity contribution in [1.82, 2.24) is 15.3 Å². The van der Waals surface area contributed by atoms with Gasteiger partial charge in [0.1, 0.15) is 5.25 Å². The molecular weight excluding hydrogens is 262 g/mol. The minimum Gasteiger partial charge on any atom is -0.344 e. The number of aromatic amines is 1. The van der Waals surface area contributed by atoms with Crippen molar-refractivity contribution in [3.63, 3.8) is 0 Å². The van der Waals surface area contributed by atoms with Gasteiger partial charge >= 0.3 is 0 Å². The monoisotopic (exact) mass is 275 g/mol. The minimum absolute atomic E-state index is 0.388. The maximum absolute atomic E-state index is 10.3. The highest BCUT2D eigenvalue weighted by molar-refractivity contribution is 7.86. The van der Waals surface area contributed by atoms with Gasteiger partial charge in [-0.1, -0.05) is 0 Å². The van der Waals surface area contributed by atoms with E-state index in [1.54, 1.807) is 17.7 Å². The summed E-state index contributed by atoms with van der Waals surface area (Å²) < 4.78 is 29.1. The Labute approximate surface area is 103 Å². The Morgan fingerprint density at radius 1 is 1.47 bits per heavy atom. The molecule has 0 spiro atoms. The van der Waals surface area contributed by atoms with E-state index in [9.17, 15) is 8.42 Å². The molecule has 1 saturated heterocycles. The van der Waals surface area contributed by atoms with E-state index in [1.807, 2.05) is 10.8 Å². The molecule has 6 nitrogen and oxygen atoms in total. The van der Waals surface area contributed by atoms with Gasteiger partial charge in [-0.15, -0.1) is 11.3 Å². The molecule has 2 aromatic heterocycles. The van der Waals surface area contributed by atoms with E-state index in [0.29, 0.717) is 19.5 Å². The average molecular weight is 275 g/mol. The summed E-state index contributed by atoms with van der Waals surface area (Å²) in [5, 5.41) is 6.33. The molecule has 8 heteroatoms. The molecule has 0 aliphatic carbocycles. The van der Waals surface area contributed by atoms with Crippen LogP contribution in [0.3, 0.4) is 0 Å². The van der Waals surface area contributed by atoms with Crippen molar-refractivity contribution in [3.8, 4) is 0 Å². The fourth-order valence-electron chi connectivity index (χ4n) is 1.55. The van der Waals surface area contributed by atoms with Crippen molar-refractivity contribution in [3.05, 3.63) is 17.1 Å². The number of imidazole rings is 1. The Hall–Kier alpha value is -0.960. The molecule has 0 saturated carbocycles. The minimum atomic E-state index is -3.77. The van der Waals surface area contributed by atoms with Crippen LogP contribution in [0.25, 0.3) is 11.0 Å². The molecule has 17 heavy (non-hydrogen) atoms. The van der Waals surface area contributed by atoms with Gasteiger partial charge in [0, 0.05) is 17.3 Å². The maximum Gasteiger partial charge on any atom is 0.269 e. The van der Waals surface area contributed by atoms with Gasteiger partial charge < -0.3 is 10.3 Å². The second-order valence-electron chi connectivity index (χ2n) is 3.70. The number of rotatable bonds is 1. The number of hydrogen-bond donors (Lipinski definition) is 3. The number of aromatic nitrogens is 2. The van der Waals surface area contributed by atoms with E-state index < -0.39 is 15.4 Å². The summed E-state index contributed by atoms with van der Waals surface area (Å²) in [5.74, 6) is 0. The van der Waals surface area contributed by atoms with Crippen molar-refractivity contribution in [1.29, 1.82) is 0 Å². The fourth-order valence-corrected chi connectivity index (χ4v) is 3.01. The van der Waals surface area contributed by atoms with E-state index in [4.69, 9.17) is 4.55 Å². The lowest BCUT2D eigenvalue weighted by atomic mass is 10.4. The van der Waals surface area contributed by atoms with Crippen LogP contribution < -0.4 is 5.32 Å². The average Bonchev–Trinajstić information content (AvgIpc) is 2.95. The zero-order valence-corrected chi connectivity index (χ0v) is 10.6. The number of thiophene rings is 1. The molecule has 3 N–H and O–H groups in total. The van der Waals surface area contributed by atoms with Gasteiger partial charge in [-0.05, 0) is 13.0 Å². The number of fused-ring (bicyclic) bond motifs is 1.